The van der Waals surface area contributed by atoms with Crippen LogP contribution in [-0.4, -0.2) is 25.8 Å². The lowest BCUT2D eigenvalue weighted by Gasteiger charge is -2.09. The highest BCUT2D eigenvalue weighted by Crippen LogP contribution is 2.30. The van der Waals surface area contributed by atoms with Crippen molar-refractivity contribution < 1.29 is 8.78 Å². The highest BCUT2D eigenvalue weighted by molar-refractivity contribution is 5.73. The van der Waals surface area contributed by atoms with Gasteiger partial charge in [-0.15, -0.1) is 0 Å². The summed E-state index contributed by atoms with van der Waals surface area (Å²) >= 11 is 0. The zero-order valence-corrected chi connectivity index (χ0v) is 10.5. The predicted molar refractivity (Wildman–Crippen MR) is 65.3 cm³/mol. The van der Waals surface area contributed by atoms with Gasteiger partial charge in [0.05, 0.1) is 6.20 Å². The fourth-order valence-electron chi connectivity index (χ4n) is 2.19. The predicted octanol–water partition coefficient (Wildman–Crippen LogP) is 1.58. The molecule has 0 atom stereocenters. The summed E-state index contributed by atoms with van der Waals surface area (Å²) in [4.78, 5) is 16.6. The van der Waals surface area contributed by atoms with Crippen LogP contribution >= 0.6 is 0 Å². The summed E-state index contributed by atoms with van der Waals surface area (Å²) in [5.41, 5.74) is 0.0600. The van der Waals surface area contributed by atoms with Crippen LogP contribution in [0.25, 0.3) is 11.0 Å². The molecule has 0 bridgehead atoms. The van der Waals surface area contributed by atoms with E-state index >= 15 is 0 Å². The smallest absolute Gasteiger partial charge is 0.264 e. The number of hydrogen-bond acceptors (Lipinski definition) is 3. The Morgan fingerprint density at radius 2 is 2.21 bits per heavy atom. The summed E-state index contributed by atoms with van der Waals surface area (Å²) in [5, 5.41) is 4.15. The average Bonchev–Trinajstić information content (AvgIpc) is 3.08. The van der Waals surface area contributed by atoms with Gasteiger partial charge < -0.3 is 0 Å². The van der Waals surface area contributed by atoms with E-state index < -0.39 is 13.0 Å². The third-order valence-electron chi connectivity index (χ3n) is 3.39. The zero-order chi connectivity index (χ0) is 13.6. The van der Waals surface area contributed by atoms with Crippen LogP contribution in [0.3, 0.4) is 0 Å². The number of alkyl halides is 2. The van der Waals surface area contributed by atoms with E-state index in [0.717, 1.165) is 17.5 Å². The topological polar surface area (TPSA) is 52.7 Å². The normalized spacial score (nSPS) is 15.6. The number of hydrogen-bond donors (Lipinski definition) is 0. The minimum absolute atomic E-state index is 0.185. The van der Waals surface area contributed by atoms with Crippen molar-refractivity contribution in [2.75, 3.05) is 0 Å². The summed E-state index contributed by atoms with van der Waals surface area (Å²) in [6.07, 6.45) is 1.08. The van der Waals surface area contributed by atoms with Crippen LogP contribution in [0.2, 0.25) is 0 Å². The number of fused-ring (bicyclic) bond motifs is 1. The molecular weight excluding hydrogens is 254 g/mol. The maximum Gasteiger partial charge on any atom is 0.264 e. The van der Waals surface area contributed by atoms with E-state index in [1.807, 2.05) is 0 Å². The van der Waals surface area contributed by atoms with E-state index in [9.17, 15) is 13.6 Å². The quantitative estimate of drug-likeness (QED) is 0.846. The summed E-state index contributed by atoms with van der Waals surface area (Å²) in [6, 6.07) is 0. The van der Waals surface area contributed by atoms with Crippen LogP contribution in [0.4, 0.5) is 8.78 Å². The monoisotopic (exact) mass is 268 g/mol. The molecule has 7 heteroatoms. The van der Waals surface area contributed by atoms with Gasteiger partial charge in [-0.2, -0.15) is 5.10 Å². The van der Waals surface area contributed by atoms with Crippen molar-refractivity contribution in [2.24, 2.45) is 5.92 Å². The summed E-state index contributed by atoms with van der Waals surface area (Å²) in [5.74, 6) is 1.10. The van der Waals surface area contributed by atoms with Crippen LogP contribution in [0, 0.1) is 12.8 Å². The average molecular weight is 268 g/mol. The van der Waals surface area contributed by atoms with Crippen LogP contribution in [0.5, 0.6) is 0 Å². The molecular formula is C12H14F2N4O. The lowest BCUT2D eigenvalue weighted by Crippen LogP contribution is -2.25. The third kappa shape index (κ3) is 2.24. The molecule has 0 N–H and O–H groups in total. The third-order valence-corrected chi connectivity index (χ3v) is 3.39. The minimum Gasteiger partial charge on any atom is -0.296 e. The molecule has 2 heterocycles. The molecule has 0 spiro atoms. The fourth-order valence-corrected chi connectivity index (χ4v) is 2.19. The molecule has 2 aromatic heterocycles. The molecule has 0 saturated heterocycles. The first kappa shape index (κ1) is 12.3. The number of aromatic nitrogens is 4. The number of halogens is 2. The Bertz CT molecular complexity index is 672. The SMILES string of the molecule is Cc1nc2c(cnn2CC(F)F)c(=O)n1CC1CC1. The van der Waals surface area contributed by atoms with Gasteiger partial charge in [0.1, 0.15) is 17.8 Å². The van der Waals surface area contributed by atoms with E-state index in [1.165, 1.54) is 6.20 Å². The second-order valence-electron chi connectivity index (χ2n) is 4.97. The Morgan fingerprint density at radius 3 is 2.84 bits per heavy atom. The van der Waals surface area contributed by atoms with Gasteiger partial charge in [0.2, 0.25) is 0 Å². The molecule has 0 aromatic carbocycles. The van der Waals surface area contributed by atoms with E-state index in [-0.39, 0.29) is 11.2 Å². The highest BCUT2D eigenvalue weighted by atomic mass is 19.3. The summed E-state index contributed by atoms with van der Waals surface area (Å²) in [7, 11) is 0. The molecule has 19 heavy (non-hydrogen) atoms. The van der Waals surface area contributed by atoms with Crippen molar-refractivity contribution in [3.05, 3.63) is 22.4 Å². The first-order valence-corrected chi connectivity index (χ1v) is 6.27. The Kier molecular flexibility index (Phi) is 2.83. The van der Waals surface area contributed by atoms with Crippen molar-refractivity contribution in [3.63, 3.8) is 0 Å². The second-order valence-corrected chi connectivity index (χ2v) is 4.97. The fraction of sp³-hybridized carbons (Fsp3) is 0.583. The Balaban J connectivity index is 2.09. The summed E-state index contributed by atoms with van der Waals surface area (Å²) in [6.45, 7) is 1.85. The van der Waals surface area contributed by atoms with Gasteiger partial charge in [-0.1, -0.05) is 0 Å². The van der Waals surface area contributed by atoms with E-state index in [0.29, 0.717) is 23.7 Å². The molecule has 0 unspecified atom stereocenters. The first-order valence-electron chi connectivity index (χ1n) is 6.27. The van der Waals surface area contributed by atoms with Gasteiger partial charge in [-0.05, 0) is 25.7 Å². The molecule has 1 fully saturated rings. The molecule has 0 aliphatic heterocycles. The van der Waals surface area contributed by atoms with Crippen molar-refractivity contribution in [1.82, 2.24) is 19.3 Å². The highest BCUT2D eigenvalue weighted by Gasteiger charge is 2.24. The molecule has 3 rings (SSSR count). The van der Waals surface area contributed by atoms with Crippen molar-refractivity contribution >= 4 is 11.0 Å². The van der Waals surface area contributed by atoms with Gasteiger partial charge in [0.25, 0.3) is 12.0 Å². The molecule has 1 saturated carbocycles. The van der Waals surface area contributed by atoms with Gasteiger partial charge in [0, 0.05) is 6.54 Å². The van der Waals surface area contributed by atoms with Crippen LogP contribution < -0.4 is 5.56 Å². The first-order chi connectivity index (χ1) is 9.06. The van der Waals surface area contributed by atoms with Gasteiger partial charge in [-0.3, -0.25) is 9.36 Å². The molecule has 0 radical (unpaired) electrons. The maximum atomic E-state index is 12.4. The molecule has 1 aliphatic carbocycles. The number of aryl methyl sites for hydroxylation is 1. The van der Waals surface area contributed by atoms with E-state index in [4.69, 9.17) is 0 Å². The van der Waals surface area contributed by atoms with Gasteiger partial charge in [-0.25, -0.2) is 18.4 Å². The van der Waals surface area contributed by atoms with Gasteiger partial charge >= 0.3 is 0 Å². The largest absolute Gasteiger partial charge is 0.296 e. The Labute approximate surface area is 107 Å². The molecule has 2 aromatic rings. The molecule has 1 aliphatic rings. The standard InChI is InChI=1S/C12H14F2N4O/c1-7-16-11-9(4-15-18(11)6-10(13)14)12(19)17(7)5-8-2-3-8/h4,8,10H,2-3,5-6H2,1H3. The molecule has 0 amide bonds. The minimum atomic E-state index is -2.51. The van der Waals surface area contributed by atoms with Crippen LogP contribution in [0.15, 0.2) is 11.0 Å². The lowest BCUT2D eigenvalue weighted by molar-refractivity contribution is 0.123. The van der Waals surface area contributed by atoms with Crippen molar-refractivity contribution in [2.45, 2.75) is 39.3 Å². The van der Waals surface area contributed by atoms with E-state index in [1.54, 1.807) is 11.5 Å². The lowest BCUT2D eigenvalue weighted by atomic mass is 10.3. The Morgan fingerprint density at radius 1 is 1.47 bits per heavy atom. The van der Waals surface area contributed by atoms with Gasteiger partial charge in [0.15, 0.2) is 5.65 Å². The molecule has 102 valence electrons. The number of nitrogens with zero attached hydrogens (tertiary/aromatic N) is 4. The Hall–Kier alpha value is -1.79. The number of rotatable bonds is 4. The van der Waals surface area contributed by atoms with Crippen molar-refractivity contribution in [1.29, 1.82) is 0 Å². The van der Waals surface area contributed by atoms with E-state index in [2.05, 4.69) is 10.1 Å². The van der Waals surface area contributed by atoms with Crippen LogP contribution in [0.1, 0.15) is 18.7 Å². The molecule has 5 nitrogen and oxygen atoms in total. The summed E-state index contributed by atoms with van der Waals surface area (Å²) < 4.78 is 27.5. The zero-order valence-electron chi connectivity index (χ0n) is 10.5. The second kappa shape index (κ2) is 4.40. The van der Waals surface area contributed by atoms with Crippen molar-refractivity contribution in [3.8, 4) is 0 Å². The maximum absolute atomic E-state index is 12.4. The van der Waals surface area contributed by atoms with Crippen LogP contribution in [-0.2, 0) is 13.1 Å².